The molecular formula is C14H22N4O3. The van der Waals surface area contributed by atoms with Crippen molar-refractivity contribution >= 4 is 5.69 Å². The van der Waals surface area contributed by atoms with Crippen LogP contribution in [-0.2, 0) is 6.54 Å². The monoisotopic (exact) mass is 294 g/mol. The molecule has 2 heterocycles. The summed E-state index contributed by atoms with van der Waals surface area (Å²) in [5, 5.41) is 25.3. The third-order valence-corrected chi connectivity index (χ3v) is 4.99. The first kappa shape index (κ1) is 14.5. The summed E-state index contributed by atoms with van der Waals surface area (Å²) < 4.78 is 1.62. The van der Waals surface area contributed by atoms with Crippen LogP contribution in [0.3, 0.4) is 0 Å². The van der Waals surface area contributed by atoms with Gasteiger partial charge in [0.2, 0.25) is 0 Å². The molecule has 0 spiro atoms. The number of hydrogen-bond acceptors (Lipinski definition) is 5. The lowest BCUT2D eigenvalue weighted by molar-refractivity contribution is -0.385. The number of hydrogen-bond donors (Lipinski definition) is 1. The second kappa shape index (κ2) is 5.73. The first-order valence-electron chi connectivity index (χ1n) is 7.68. The Kier molecular flexibility index (Phi) is 3.95. The van der Waals surface area contributed by atoms with Gasteiger partial charge >= 0.3 is 5.69 Å². The number of aromatic nitrogens is 2. The van der Waals surface area contributed by atoms with Crippen LogP contribution in [0.1, 0.15) is 32.1 Å². The van der Waals surface area contributed by atoms with Gasteiger partial charge in [-0.05, 0) is 19.3 Å². The van der Waals surface area contributed by atoms with Crippen LogP contribution in [0.4, 0.5) is 5.69 Å². The Morgan fingerprint density at radius 1 is 1.43 bits per heavy atom. The van der Waals surface area contributed by atoms with Crippen molar-refractivity contribution in [2.75, 3.05) is 19.6 Å². The molecule has 2 fully saturated rings. The van der Waals surface area contributed by atoms with E-state index in [1.54, 1.807) is 4.68 Å². The van der Waals surface area contributed by atoms with E-state index in [9.17, 15) is 15.2 Å². The number of likely N-dealkylation sites (tertiary alicyclic amines) is 1. The molecule has 0 amide bonds. The van der Waals surface area contributed by atoms with Gasteiger partial charge in [-0.1, -0.05) is 12.8 Å². The van der Waals surface area contributed by atoms with Gasteiger partial charge in [0.25, 0.3) is 0 Å². The lowest BCUT2D eigenvalue weighted by atomic mass is 9.71. The van der Waals surface area contributed by atoms with Crippen LogP contribution >= 0.6 is 0 Å². The first-order valence-corrected chi connectivity index (χ1v) is 7.68. The summed E-state index contributed by atoms with van der Waals surface area (Å²) in [7, 11) is 0. The molecule has 116 valence electrons. The number of fused-ring (bicyclic) bond motifs is 1. The summed E-state index contributed by atoms with van der Waals surface area (Å²) >= 11 is 0. The Hall–Kier alpha value is -1.47. The van der Waals surface area contributed by atoms with Crippen molar-refractivity contribution in [3.8, 4) is 0 Å². The van der Waals surface area contributed by atoms with Crippen molar-refractivity contribution in [3.63, 3.8) is 0 Å². The summed E-state index contributed by atoms with van der Waals surface area (Å²) in [6.45, 7) is 3.31. The Balaban J connectivity index is 1.53. The molecule has 2 aliphatic rings. The van der Waals surface area contributed by atoms with Crippen LogP contribution in [0.25, 0.3) is 0 Å². The topological polar surface area (TPSA) is 84.4 Å². The van der Waals surface area contributed by atoms with E-state index in [1.807, 2.05) is 0 Å². The van der Waals surface area contributed by atoms with E-state index >= 15 is 0 Å². The van der Waals surface area contributed by atoms with E-state index in [0.29, 0.717) is 12.5 Å². The van der Waals surface area contributed by atoms with Crippen LogP contribution < -0.4 is 0 Å². The van der Waals surface area contributed by atoms with Gasteiger partial charge in [-0.25, -0.2) is 0 Å². The maximum absolute atomic E-state index is 10.6. The molecule has 1 N–H and O–H groups in total. The lowest BCUT2D eigenvalue weighted by Crippen LogP contribution is -2.53. The van der Waals surface area contributed by atoms with Crippen LogP contribution in [0.15, 0.2) is 12.4 Å². The van der Waals surface area contributed by atoms with E-state index in [4.69, 9.17) is 0 Å². The molecule has 7 nitrogen and oxygen atoms in total. The van der Waals surface area contributed by atoms with Crippen molar-refractivity contribution in [1.29, 1.82) is 0 Å². The number of rotatable bonds is 4. The minimum Gasteiger partial charge on any atom is -0.390 e. The van der Waals surface area contributed by atoms with Gasteiger partial charge in [-0.2, -0.15) is 5.10 Å². The zero-order chi connectivity index (χ0) is 14.9. The molecule has 0 aromatic carbocycles. The van der Waals surface area contributed by atoms with E-state index < -0.39 is 10.5 Å². The Bertz CT molecular complexity index is 518. The first-order chi connectivity index (χ1) is 10.1. The highest BCUT2D eigenvalue weighted by Crippen LogP contribution is 2.39. The SMILES string of the molecule is O=[N+]([O-])c1cnn(CCN2CCC3(O)CCCCC3C2)c1. The zero-order valence-corrected chi connectivity index (χ0v) is 12.1. The molecule has 21 heavy (non-hydrogen) atoms. The van der Waals surface area contributed by atoms with Crippen molar-refractivity contribution in [1.82, 2.24) is 14.7 Å². The van der Waals surface area contributed by atoms with Gasteiger partial charge in [-0.3, -0.25) is 14.8 Å². The van der Waals surface area contributed by atoms with Gasteiger partial charge in [-0.15, -0.1) is 0 Å². The fraction of sp³-hybridized carbons (Fsp3) is 0.786. The average molecular weight is 294 g/mol. The van der Waals surface area contributed by atoms with Crippen LogP contribution in [0.2, 0.25) is 0 Å². The Morgan fingerprint density at radius 2 is 2.29 bits per heavy atom. The van der Waals surface area contributed by atoms with Crippen LogP contribution in [0.5, 0.6) is 0 Å². The smallest absolute Gasteiger partial charge is 0.306 e. The van der Waals surface area contributed by atoms with Gasteiger partial charge < -0.3 is 10.0 Å². The lowest BCUT2D eigenvalue weighted by Gasteiger charge is -2.47. The molecule has 1 aromatic rings. The molecule has 0 bridgehead atoms. The number of nitrogens with zero attached hydrogens (tertiary/aromatic N) is 4. The van der Waals surface area contributed by atoms with E-state index in [2.05, 4.69) is 10.00 Å². The van der Waals surface area contributed by atoms with Gasteiger partial charge in [0.05, 0.1) is 17.1 Å². The summed E-state index contributed by atoms with van der Waals surface area (Å²) in [4.78, 5) is 12.5. The summed E-state index contributed by atoms with van der Waals surface area (Å²) in [5.41, 5.74) is -0.408. The third kappa shape index (κ3) is 3.08. The molecule has 1 saturated carbocycles. The maximum Gasteiger partial charge on any atom is 0.306 e. The van der Waals surface area contributed by atoms with E-state index in [1.165, 1.54) is 18.8 Å². The molecule has 2 atom stereocenters. The van der Waals surface area contributed by atoms with Crippen molar-refractivity contribution in [2.45, 2.75) is 44.2 Å². The fourth-order valence-electron chi connectivity index (χ4n) is 3.66. The maximum atomic E-state index is 10.6. The van der Waals surface area contributed by atoms with Gasteiger partial charge in [0.15, 0.2) is 0 Å². The quantitative estimate of drug-likeness (QED) is 0.670. The number of piperidine rings is 1. The number of aliphatic hydroxyl groups is 1. The second-order valence-corrected chi connectivity index (χ2v) is 6.32. The van der Waals surface area contributed by atoms with Crippen molar-refractivity contribution in [3.05, 3.63) is 22.5 Å². The van der Waals surface area contributed by atoms with E-state index in [0.717, 1.165) is 45.3 Å². The second-order valence-electron chi connectivity index (χ2n) is 6.32. The van der Waals surface area contributed by atoms with E-state index in [-0.39, 0.29) is 5.69 Å². The molecule has 7 heteroatoms. The van der Waals surface area contributed by atoms with Crippen molar-refractivity contribution in [2.24, 2.45) is 5.92 Å². The molecule has 3 rings (SSSR count). The summed E-state index contributed by atoms with van der Waals surface area (Å²) in [6.07, 6.45) is 8.02. The summed E-state index contributed by atoms with van der Waals surface area (Å²) in [6, 6.07) is 0. The minimum atomic E-state index is -0.445. The third-order valence-electron chi connectivity index (χ3n) is 4.99. The predicted molar refractivity (Wildman–Crippen MR) is 76.8 cm³/mol. The molecule has 1 aliphatic heterocycles. The Morgan fingerprint density at radius 3 is 3.05 bits per heavy atom. The summed E-state index contributed by atoms with van der Waals surface area (Å²) in [5.74, 6) is 0.381. The molecule has 2 unspecified atom stereocenters. The predicted octanol–water partition coefficient (Wildman–Crippen LogP) is 1.42. The van der Waals surface area contributed by atoms with Crippen molar-refractivity contribution < 1.29 is 10.0 Å². The highest BCUT2D eigenvalue weighted by molar-refractivity contribution is 5.20. The molecule has 1 aromatic heterocycles. The van der Waals surface area contributed by atoms with Gasteiger partial charge in [0.1, 0.15) is 12.4 Å². The van der Waals surface area contributed by atoms with Gasteiger partial charge in [0, 0.05) is 25.6 Å². The standard InChI is InChI=1S/C14H22N4O3/c19-14-4-2-1-3-12(14)10-16(6-5-14)7-8-17-11-13(9-15-17)18(20)21/h9,11-12,19H,1-8,10H2. The molecule has 1 saturated heterocycles. The average Bonchev–Trinajstić information content (AvgIpc) is 2.94. The van der Waals surface area contributed by atoms with Crippen LogP contribution in [-0.4, -0.2) is 49.9 Å². The number of nitro groups is 1. The highest BCUT2D eigenvalue weighted by Gasteiger charge is 2.42. The molecular weight excluding hydrogens is 272 g/mol. The minimum absolute atomic E-state index is 0.0373. The molecule has 1 aliphatic carbocycles. The Labute approximate surface area is 123 Å². The zero-order valence-electron chi connectivity index (χ0n) is 12.1. The highest BCUT2D eigenvalue weighted by atomic mass is 16.6. The van der Waals surface area contributed by atoms with Crippen LogP contribution in [0, 0.1) is 16.0 Å². The fourth-order valence-corrected chi connectivity index (χ4v) is 3.66. The normalized spacial score (nSPS) is 30.0. The largest absolute Gasteiger partial charge is 0.390 e. The molecule has 0 radical (unpaired) electrons.